The maximum atomic E-state index is 11.6. The molecular formula is C12H16ClN3O2. The number of rotatable bonds is 3. The first-order valence-corrected chi connectivity index (χ1v) is 6.34. The lowest BCUT2D eigenvalue weighted by atomic mass is 10.0. The first-order chi connectivity index (χ1) is 8.57. The summed E-state index contributed by atoms with van der Waals surface area (Å²) in [6.45, 7) is 0.275. The number of carbonyl (C=O) groups excluding carboxylic acids is 1. The normalized spacial score (nSPS) is 17.4. The molecule has 2 amide bonds. The average Bonchev–Trinajstić information content (AvgIpc) is 2.74. The van der Waals surface area contributed by atoms with E-state index >= 15 is 0 Å². The lowest BCUT2D eigenvalue weighted by Crippen LogP contribution is -2.42. The van der Waals surface area contributed by atoms with E-state index in [1.165, 1.54) is 6.20 Å². The summed E-state index contributed by atoms with van der Waals surface area (Å²) in [4.78, 5) is 15.4. The second-order valence-electron chi connectivity index (χ2n) is 4.61. The molecule has 5 nitrogen and oxygen atoms in total. The molecule has 18 heavy (non-hydrogen) atoms. The fraction of sp³-hybridized carbons (Fsp3) is 0.500. The second-order valence-corrected chi connectivity index (χ2v) is 4.99. The second kappa shape index (κ2) is 5.54. The van der Waals surface area contributed by atoms with Gasteiger partial charge in [-0.3, -0.25) is 0 Å². The van der Waals surface area contributed by atoms with Crippen LogP contribution in [0, 0.1) is 0 Å². The number of nitrogens with zero attached hydrogens (tertiary/aromatic N) is 1. The summed E-state index contributed by atoms with van der Waals surface area (Å²) in [7, 11) is 0. The van der Waals surface area contributed by atoms with Gasteiger partial charge in [-0.2, -0.15) is 0 Å². The van der Waals surface area contributed by atoms with E-state index in [-0.39, 0.29) is 12.6 Å². The molecule has 0 aromatic carbocycles. The highest BCUT2D eigenvalue weighted by atomic mass is 35.5. The minimum atomic E-state index is -0.743. The van der Waals surface area contributed by atoms with Gasteiger partial charge in [0, 0.05) is 18.4 Å². The van der Waals surface area contributed by atoms with Crippen LogP contribution in [0.3, 0.4) is 0 Å². The molecule has 0 unspecified atom stereocenters. The highest BCUT2D eigenvalue weighted by Crippen LogP contribution is 2.28. The Morgan fingerprint density at radius 3 is 2.89 bits per heavy atom. The first kappa shape index (κ1) is 13.1. The molecule has 1 fully saturated rings. The molecule has 0 spiro atoms. The SMILES string of the molecule is O=C(NCC1(O)CCCC1)Nc1ccnc(Cl)c1. The van der Waals surface area contributed by atoms with Crippen molar-refractivity contribution in [2.75, 3.05) is 11.9 Å². The molecule has 0 radical (unpaired) electrons. The number of aromatic nitrogens is 1. The van der Waals surface area contributed by atoms with E-state index in [9.17, 15) is 9.90 Å². The van der Waals surface area contributed by atoms with Crippen molar-refractivity contribution in [3.8, 4) is 0 Å². The minimum absolute atomic E-state index is 0.275. The standard InChI is InChI=1S/C12H16ClN3O2/c13-10-7-9(3-6-14-10)16-11(17)15-8-12(18)4-1-2-5-12/h3,6-7,18H,1-2,4-5,8H2,(H2,14,15,16,17). The number of urea groups is 1. The molecular weight excluding hydrogens is 254 g/mol. The Balaban J connectivity index is 1.82. The Bertz CT molecular complexity index is 433. The molecule has 2 rings (SSSR count). The van der Waals surface area contributed by atoms with E-state index in [0.717, 1.165) is 25.7 Å². The third-order valence-electron chi connectivity index (χ3n) is 3.10. The molecule has 1 saturated carbocycles. The van der Waals surface area contributed by atoms with Gasteiger partial charge in [0.25, 0.3) is 0 Å². The number of carbonyl (C=O) groups is 1. The van der Waals surface area contributed by atoms with Gasteiger partial charge in [-0.25, -0.2) is 9.78 Å². The summed E-state index contributed by atoms with van der Waals surface area (Å²) in [6, 6.07) is 2.86. The van der Waals surface area contributed by atoms with Crippen LogP contribution in [0.25, 0.3) is 0 Å². The highest BCUT2D eigenvalue weighted by Gasteiger charge is 2.31. The quantitative estimate of drug-likeness (QED) is 0.736. The summed E-state index contributed by atoms with van der Waals surface area (Å²) >= 11 is 5.71. The zero-order valence-electron chi connectivity index (χ0n) is 9.95. The fourth-order valence-electron chi connectivity index (χ4n) is 2.11. The molecule has 98 valence electrons. The number of aliphatic hydroxyl groups is 1. The van der Waals surface area contributed by atoms with Gasteiger partial charge in [0.05, 0.1) is 5.60 Å². The summed E-state index contributed by atoms with van der Waals surface area (Å²) in [5.41, 5.74) is -0.168. The Morgan fingerprint density at radius 2 is 2.22 bits per heavy atom. The van der Waals surface area contributed by atoms with E-state index in [0.29, 0.717) is 10.8 Å². The molecule has 1 aromatic rings. The Morgan fingerprint density at radius 1 is 1.50 bits per heavy atom. The van der Waals surface area contributed by atoms with Crippen LogP contribution in [0.15, 0.2) is 18.3 Å². The third-order valence-corrected chi connectivity index (χ3v) is 3.30. The topological polar surface area (TPSA) is 74.2 Å². The van der Waals surface area contributed by atoms with Crippen LogP contribution in [0.2, 0.25) is 5.15 Å². The van der Waals surface area contributed by atoms with Crippen LogP contribution in [0.1, 0.15) is 25.7 Å². The highest BCUT2D eigenvalue weighted by molar-refractivity contribution is 6.29. The predicted octanol–water partition coefficient (Wildman–Crippen LogP) is 2.16. The number of hydrogen-bond donors (Lipinski definition) is 3. The van der Waals surface area contributed by atoms with Crippen molar-refractivity contribution in [1.82, 2.24) is 10.3 Å². The number of anilines is 1. The van der Waals surface area contributed by atoms with Crippen molar-refractivity contribution in [3.63, 3.8) is 0 Å². The monoisotopic (exact) mass is 269 g/mol. The molecule has 3 N–H and O–H groups in total. The number of pyridine rings is 1. The summed E-state index contributed by atoms with van der Waals surface area (Å²) in [5.74, 6) is 0. The van der Waals surface area contributed by atoms with Crippen molar-refractivity contribution < 1.29 is 9.90 Å². The Kier molecular flexibility index (Phi) is 4.04. The maximum Gasteiger partial charge on any atom is 0.319 e. The van der Waals surface area contributed by atoms with Crippen molar-refractivity contribution in [2.24, 2.45) is 0 Å². The average molecular weight is 270 g/mol. The van der Waals surface area contributed by atoms with E-state index in [1.54, 1.807) is 12.1 Å². The summed E-state index contributed by atoms with van der Waals surface area (Å²) in [6.07, 6.45) is 5.03. The van der Waals surface area contributed by atoms with Crippen LogP contribution in [0.5, 0.6) is 0 Å². The van der Waals surface area contributed by atoms with Gasteiger partial charge in [-0.1, -0.05) is 24.4 Å². The zero-order valence-corrected chi connectivity index (χ0v) is 10.7. The van der Waals surface area contributed by atoms with Gasteiger partial charge < -0.3 is 15.7 Å². The van der Waals surface area contributed by atoms with E-state index in [4.69, 9.17) is 11.6 Å². The van der Waals surface area contributed by atoms with Gasteiger partial charge in [-0.15, -0.1) is 0 Å². The van der Waals surface area contributed by atoms with Crippen LogP contribution >= 0.6 is 11.6 Å². The fourth-order valence-corrected chi connectivity index (χ4v) is 2.28. The van der Waals surface area contributed by atoms with Crippen LogP contribution in [-0.4, -0.2) is 28.3 Å². The van der Waals surface area contributed by atoms with Crippen molar-refractivity contribution in [3.05, 3.63) is 23.5 Å². The van der Waals surface area contributed by atoms with Crippen molar-refractivity contribution in [1.29, 1.82) is 0 Å². The molecule has 0 saturated heterocycles. The van der Waals surface area contributed by atoms with Gasteiger partial charge in [0.15, 0.2) is 0 Å². The first-order valence-electron chi connectivity index (χ1n) is 5.96. The van der Waals surface area contributed by atoms with Gasteiger partial charge in [0.2, 0.25) is 0 Å². The molecule has 0 bridgehead atoms. The maximum absolute atomic E-state index is 11.6. The largest absolute Gasteiger partial charge is 0.388 e. The molecule has 1 aliphatic rings. The number of halogens is 1. The molecule has 6 heteroatoms. The van der Waals surface area contributed by atoms with Crippen LogP contribution < -0.4 is 10.6 Å². The van der Waals surface area contributed by atoms with E-state index in [1.807, 2.05) is 0 Å². The minimum Gasteiger partial charge on any atom is -0.388 e. The smallest absolute Gasteiger partial charge is 0.319 e. The number of amides is 2. The molecule has 0 aliphatic heterocycles. The lowest BCUT2D eigenvalue weighted by molar-refractivity contribution is 0.0506. The molecule has 1 aliphatic carbocycles. The zero-order chi connectivity index (χ0) is 13.0. The van der Waals surface area contributed by atoms with Crippen molar-refractivity contribution >= 4 is 23.3 Å². The molecule has 1 aromatic heterocycles. The summed E-state index contributed by atoms with van der Waals surface area (Å²) in [5, 5.41) is 15.7. The Hall–Kier alpha value is -1.33. The Labute approximate surface area is 111 Å². The number of nitrogens with one attached hydrogen (secondary N) is 2. The predicted molar refractivity (Wildman–Crippen MR) is 69.7 cm³/mol. The molecule has 0 atom stereocenters. The van der Waals surface area contributed by atoms with Gasteiger partial charge >= 0.3 is 6.03 Å². The van der Waals surface area contributed by atoms with E-state index in [2.05, 4.69) is 15.6 Å². The van der Waals surface area contributed by atoms with Crippen LogP contribution in [-0.2, 0) is 0 Å². The number of hydrogen-bond acceptors (Lipinski definition) is 3. The lowest BCUT2D eigenvalue weighted by Gasteiger charge is -2.22. The van der Waals surface area contributed by atoms with Crippen molar-refractivity contribution in [2.45, 2.75) is 31.3 Å². The third kappa shape index (κ3) is 3.58. The molecule has 1 heterocycles. The van der Waals surface area contributed by atoms with E-state index < -0.39 is 5.60 Å². The van der Waals surface area contributed by atoms with Gasteiger partial charge in [0.1, 0.15) is 5.15 Å². The van der Waals surface area contributed by atoms with Crippen LogP contribution in [0.4, 0.5) is 10.5 Å². The van der Waals surface area contributed by atoms with Gasteiger partial charge in [-0.05, 0) is 25.0 Å². The summed E-state index contributed by atoms with van der Waals surface area (Å²) < 4.78 is 0.